The Hall–Kier alpha value is -0.540. The van der Waals surface area contributed by atoms with Gasteiger partial charge in [0.25, 0.3) is 0 Å². The third kappa shape index (κ3) is 2.28. The zero-order valence-electron chi connectivity index (χ0n) is 8.33. The molecule has 1 heterocycles. The Labute approximate surface area is 93.4 Å². The normalized spacial score (nSPS) is 22.6. The fraction of sp³-hybridized carbons (Fsp3) is 0.455. The van der Waals surface area contributed by atoms with E-state index >= 15 is 0 Å². The highest BCUT2D eigenvalue weighted by Gasteiger charge is 2.19. The van der Waals surface area contributed by atoms with E-state index in [9.17, 15) is 0 Å². The number of nitrogens with zero attached hydrogens (tertiary/aromatic N) is 1. The summed E-state index contributed by atoms with van der Waals surface area (Å²) in [5.74, 6) is 0. The quantitative estimate of drug-likeness (QED) is 0.873. The molecule has 0 aromatic heterocycles. The molecule has 1 aromatic carbocycles. The van der Waals surface area contributed by atoms with E-state index in [1.165, 1.54) is 18.7 Å². The molecule has 1 unspecified atom stereocenters. The summed E-state index contributed by atoms with van der Waals surface area (Å²) in [6.45, 7) is 2.34. The Morgan fingerprint density at radius 2 is 2.21 bits per heavy atom. The largest absolute Gasteiger partial charge is 0.380 e. The van der Waals surface area contributed by atoms with Crippen LogP contribution in [0.2, 0.25) is 0 Å². The van der Waals surface area contributed by atoms with Crippen LogP contribution >= 0.6 is 15.9 Å². The molecule has 1 atom stereocenters. The first-order chi connectivity index (χ1) is 6.75. The monoisotopic (exact) mass is 254 g/mol. The Balaban J connectivity index is 2.01. The smallest absolute Gasteiger partial charge is 0.0487 e. The molecule has 0 spiro atoms. The molecule has 2 nitrogen and oxygen atoms in total. The van der Waals surface area contributed by atoms with Gasteiger partial charge in [-0.2, -0.15) is 0 Å². The van der Waals surface area contributed by atoms with Crippen molar-refractivity contribution in [3.63, 3.8) is 0 Å². The van der Waals surface area contributed by atoms with Crippen LogP contribution in [0.15, 0.2) is 28.7 Å². The van der Waals surface area contributed by atoms with Crippen LogP contribution in [0.4, 0.5) is 5.69 Å². The van der Waals surface area contributed by atoms with E-state index in [1.54, 1.807) is 0 Å². The fourth-order valence-corrected chi connectivity index (χ4v) is 2.25. The number of likely N-dealkylation sites (N-methyl/N-ethyl adjacent to an activating group) is 1. The predicted molar refractivity (Wildman–Crippen MR) is 63.7 cm³/mol. The zero-order chi connectivity index (χ0) is 9.97. The maximum atomic E-state index is 3.55. The van der Waals surface area contributed by atoms with Gasteiger partial charge in [0.1, 0.15) is 0 Å². The summed E-state index contributed by atoms with van der Waals surface area (Å²) in [6, 6.07) is 8.88. The van der Waals surface area contributed by atoms with Crippen molar-refractivity contribution in [3.05, 3.63) is 28.7 Å². The second kappa shape index (κ2) is 4.32. The van der Waals surface area contributed by atoms with Gasteiger partial charge in [0.2, 0.25) is 0 Å². The Bertz CT molecular complexity index is 314. The van der Waals surface area contributed by atoms with Crippen molar-refractivity contribution in [2.45, 2.75) is 12.5 Å². The van der Waals surface area contributed by atoms with Gasteiger partial charge in [-0.1, -0.05) is 12.1 Å². The van der Waals surface area contributed by atoms with Gasteiger partial charge in [-0.25, -0.2) is 0 Å². The van der Waals surface area contributed by atoms with Crippen LogP contribution in [0, 0.1) is 0 Å². The molecule has 76 valence electrons. The highest BCUT2D eigenvalue weighted by Crippen LogP contribution is 2.23. The van der Waals surface area contributed by atoms with Crippen molar-refractivity contribution >= 4 is 21.6 Å². The molecule has 1 N–H and O–H groups in total. The molecule has 0 bridgehead atoms. The standard InChI is InChI=1S/C11H15BrN2/c1-14-7-6-9(8-14)13-11-5-3-2-4-10(11)12/h2-5,9,13H,6-8H2,1H3. The van der Waals surface area contributed by atoms with Gasteiger partial charge in [-0.3, -0.25) is 0 Å². The summed E-state index contributed by atoms with van der Waals surface area (Å²) in [6.07, 6.45) is 1.23. The molecule has 0 radical (unpaired) electrons. The fourth-order valence-electron chi connectivity index (χ4n) is 1.85. The van der Waals surface area contributed by atoms with Crippen LogP contribution in [-0.2, 0) is 0 Å². The lowest BCUT2D eigenvalue weighted by Crippen LogP contribution is -2.23. The summed E-state index contributed by atoms with van der Waals surface area (Å²) >= 11 is 3.54. The average molecular weight is 255 g/mol. The van der Waals surface area contributed by atoms with Gasteiger partial charge in [-0.15, -0.1) is 0 Å². The van der Waals surface area contributed by atoms with E-state index in [0.29, 0.717) is 6.04 Å². The maximum absolute atomic E-state index is 3.55. The number of nitrogens with one attached hydrogen (secondary N) is 1. The lowest BCUT2D eigenvalue weighted by atomic mass is 10.2. The molecule has 1 aliphatic heterocycles. The lowest BCUT2D eigenvalue weighted by molar-refractivity contribution is 0.414. The van der Waals surface area contributed by atoms with Crippen LogP contribution in [0.25, 0.3) is 0 Å². The number of hydrogen-bond acceptors (Lipinski definition) is 2. The molecule has 1 saturated heterocycles. The van der Waals surface area contributed by atoms with Gasteiger partial charge in [0.05, 0.1) is 0 Å². The number of anilines is 1. The van der Waals surface area contributed by atoms with Crippen molar-refractivity contribution in [2.24, 2.45) is 0 Å². The summed E-state index contributed by atoms with van der Waals surface area (Å²) < 4.78 is 1.15. The average Bonchev–Trinajstić information content (AvgIpc) is 2.56. The van der Waals surface area contributed by atoms with Crippen LogP contribution in [0.1, 0.15) is 6.42 Å². The minimum atomic E-state index is 0.596. The molecule has 1 aliphatic rings. The second-order valence-corrected chi connectivity index (χ2v) is 4.73. The van der Waals surface area contributed by atoms with Crippen LogP contribution in [0.5, 0.6) is 0 Å². The molecule has 0 aliphatic carbocycles. The number of rotatable bonds is 2. The van der Waals surface area contributed by atoms with Crippen LogP contribution in [-0.4, -0.2) is 31.1 Å². The van der Waals surface area contributed by atoms with Gasteiger partial charge in [0.15, 0.2) is 0 Å². The first-order valence-electron chi connectivity index (χ1n) is 4.95. The van der Waals surface area contributed by atoms with Gasteiger partial charge >= 0.3 is 0 Å². The third-order valence-electron chi connectivity index (χ3n) is 2.62. The van der Waals surface area contributed by atoms with E-state index in [0.717, 1.165) is 11.0 Å². The molecule has 1 aromatic rings. The molecule has 3 heteroatoms. The molecular formula is C11H15BrN2. The number of para-hydroxylation sites is 1. The molecule has 14 heavy (non-hydrogen) atoms. The van der Waals surface area contributed by atoms with E-state index < -0.39 is 0 Å². The maximum Gasteiger partial charge on any atom is 0.0487 e. The Kier molecular flexibility index (Phi) is 3.08. The van der Waals surface area contributed by atoms with Crippen LogP contribution in [0.3, 0.4) is 0 Å². The number of halogens is 1. The van der Waals surface area contributed by atoms with E-state index in [-0.39, 0.29) is 0 Å². The van der Waals surface area contributed by atoms with Crippen molar-refractivity contribution in [2.75, 3.05) is 25.5 Å². The molecule has 2 rings (SSSR count). The van der Waals surface area contributed by atoms with E-state index in [1.807, 2.05) is 6.07 Å². The number of hydrogen-bond donors (Lipinski definition) is 1. The molecule has 0 saturated carbocycles. The summed E-state index contributed by atoms with van der Waals surface area (Å²) in [7, 11) is 2.17. The minimum Gasteiger partial charge on any atom is -0.380 e. The van der Waals surface area contributed by atoms with Crippen molar-refractivity contribution in [1.29, 1.82) is 0 Å². The predicted octanol–water partition coefficient (Wildman–Crippen LogP) is 2.57. The van der Waals surface area contributed by atoms with Crippen molar-refractivity contribution in [3.8, 4) is 0 Å². The van der Waals surface area contributed by atoms with Crippen molar-refractivity contribution < 1.29 is 0 Å². The van der Waals surface area contributed by atoms with Gasteiger partial charge in [-0.05, 0) is 48.1 Å². The Morgan fingerprint density at radius 1 is 1.43 bits per heavy atom. The second-order valence-electron chi connectivity index (χ2n) is 3.87. The van der Waals surface area contributed by atoms with E-state index in [4.69, 9.17) is 0 Å². The molecule has 0 amide bonds. The highest BCUT2D eigenvalue weighted by molar-refractivity contribution is 9.10. The minimum absolute atomic E-state index is 0.596. The first-order valence-corrected chi connectivity index (χ1v) is 5.74. The Morgan fingerprint density at radius 3 is 2.86 bits per heavy atom. The van der Waals surface area contributed by atoms with E-state index in [2.05, 4.69) is 51.4 Å². The summed E-state index contributed by atoms with van der Waals surface area (Å²) in [5, 5.41) is 3.55. The van der Waals surface area contributed by atoms with Crippen molar-refractivity contribution in [1.82, 2.24) is 4.90 Å². The van der Waals surface area contributed by atoms with Gasteiger partial charge < -0.3 is 10.2 Å². The van der Waals surface area contributed by atoms with Crippen LogP contribution < -0.4 is 5.32 Å². The van der Waals surface area contributed by atoms with Gasteiger partial charge in [0, 0.05) is 22.7 Å². The topological polar surface area (TPSA) is 15.3 Å². The highest BCUT2D eigenvalue weighted by atomic mass is 79.9. The first kappa shape index (κ1) is 9.99. The zero-order valence-corrected chi connectivity index (χ0v) is 9.92. The number of likely N-dealkylation sites (tertiary alicyclic amines) is 1. The third-order valence-corrected chi connectivity index (χ3v) is 3.32. The summed E-state index contributed by atoms with van der Waals surface area (Å²) in [5.41, 5.74) is 1.20. The SMILES string of the molecule is CN1CCC(Nc2ccccc2Br)C1. The number of benzene rings is 1. The molecular weight excluding hydrogens is 240 g/mol. The lowest BCUT2D eigenvalue weighted by Gasteiger charge is -2.15. The summed E-state index contributed by atoms with van der Waals surface area (Å²) in [4.78, 5) is 2.36. The molecule has 1 fully saturated rings.